The van der Waals surface area contributed by atoms with Crippen molar-refractivity contribution in [3.05, 3.63) is 41.4 Å². The molecule has 1 aromatic carbocycles. The fourth-order valence-corrected chi connectivity index (χ4v) is 3.26. The van der Waals surface area contributed by atoms with E-state index in [9.17, 15) is 9.59 Å². The zero-order chi connectivity index (χ0) is 16.8. The van der Waals surface area contributed by atoms with Gasteiger partial charge >= 0.3 is 0 Å². The summed E-state index contributed by atoms with van der Waals surface area (Å²) in [6.07, 6.45) is 2.60. The molecule has 7 heteroatoms. The van der Waals surface area contributed by atoms with Crippen molar-refractivity contribution in [1.82, 2.24) is 20.5 Å². The molecule has 1 saturated heterocycles. The minimum atomic E-state index is -0.0722. The molecule has 2 amide bonds. The third-order valence-corrected chi connectivity index (χ3v) is 4.70. The van der Waals surface area contributed by atoms with Gasteiger partial charge in [0.2, 0.25) is 5.91 Å². The molecule has 0 spiro atoms. The molecule has 2 aromatic rings. The molecule has 1 aliphatic rings. The molecule has 24 heavy (non-hydrogen) atoms. The first kappa shape index (κ1) is 16.6. The second-order valence-electron chi connectivity index (χ2n) is 5.65. The highest BCUT2D eigenvalue weighted by atomic mass is 32.1. The summed E-state index contributed by atoms with van der Waals surface area (Å²) < 4.78 is 0. The summed E-state index contributed by atoms with van der Waals surface area (Å²) in [5.74, 6) is 0.00248. The number of amides is 2. The number of piperazine rings is 1. The van der Waals surface area contributed by atoms with Crippen LogP contribution in [0.15, 0.2) is 35.8 Å². The zero-order valence-corrected chi connectivity index (χ0v) is 14.1. The van der Waals surface area contributed by atoms with E-state index in [0.717, 1.165) is 30.1 Å². The highest BCUT2D eigenvalue weighted by molar-refractivity contribution is 7.13. The van der Waals surface area contributed by atoms with Crippen molar-refractivity contribution in [2.45, 2.75) is 6.42 Å². The van der Waals surface area contributed by atoms with Crippen molar-refractivity contribution < 1.29 is 9.59 Å². The van der Waals surface area contributed by atoms with E-state index < -0.39 is 0 Å². The van der Waals surface area contributed by atoms with E-state index in [2.05, 4.69) is 20.5 Å². The van der Waals surface area contributed by atoms with Crippen molar-refractivity contribution in [3.63, 3.8) is 0 Å². The Morgan fingerprint density at radius 1 is 1.33 bits per heavy atom. The van der Waals surface area contributed by atoms with Gasteiger partial charge in [0, 0.05) is 48.9 Å². The summed E-state index contributed by atoms with van der Waals surface area (Å²) in [5, 5.41) is 8.61. The molecule has 2 heterocycles. The fourth-order valence-electron chi connectivity index (χ4n) is 2.62. The smallest absolute Gasteiger partial charge is 0.251 e. The molecule has 1 aromatic heterocycles. The minimum Gasteiger partial charge on any atom is -0.354 e. The molecule has 6 nitrogen and oxygen atoms in total. The number of rotatable bonds is 6. The Hall–Kier alpha value is -2.25. The number of hydrogen-bond donors (Lipinski definition) is 2. The molecule has 0 saturated carbocycles. The Morgan fingerprint density at radius 3 is 2.88 bits per heavy atom. The number of carbonyl (C=O) groups excluding carboxylic acids is 2. The van der Waals surface area contributed by atoms with Crippen LogP contribution in [0.2, 0.25) is 0 Å². The van der Waals surface area contributed by atoms with Crippen molar-refractivity contribution in [2.24, 2.45) is 0 Å². The summed E-state index contributed by atoms with van der Waals surface area (Å²) in [5.41, 5.74) is 1.66. The van der Waals surface area contributed by atoms with Gasteiger partial charge in [0.25, 0.3) is 5.91 Å². The van der Waals surface area contributed by atoms with Crippen LogP contribution in [0.1, 0.15) is 16.8 Å². The van der Waals surface area contributed by atoms with Gasteiger partial charge in [-0.05, 0) is 18.6 Å². The third kappa shape index (κ3) is 4.39. The lowest BCUT2D eigenvalue weighted by molar-refractivity contribution is -0.124. The van der Waals surface area contributed by atoms with Crippen LogP contribution in [-0.4, -0.2) is 54.4 Å². The predicted molar refractivity (Wildman–Crippen MR) is 93.9 cm³/mol. The van der Waals surface area contributed by atoms with Gasteiger partial charge in [0.15, 0.2) is 0 Å². The molecule has 0 unspecified atom stereocenters. The van der Waals surface area contributed by atoms with Crippen molar-refractivity contribution in [2.75, 3.05) is 32.7 Å². The van der Waals surface area contributed by atoms with Crippen LogP contribution in [0, 0.1) is 0 Å². The Bertz CT molecular complexity index is 685. The number of thiazole rings is 1. The molecule has 2 N–H and O–H groups in total. The standard InChI is InChI=1S/C17H20N4O2S/c22-15-12-21(10-7-18-15)9-1-6-19-16(23)13-2-4-14(5-3-13)17-20-8-11-24-17/h2-5,8,11H,1,6-7,9-10,12H2,(H,18,22)(H,19,23). The van der Waals surface area contributed by atoms with Crippen LogP contribution in [0.3, 0.4) is 0 Å². The number of aromatic nitrogens is 1. The zero-order valence-electron chi connectivity index (χ0n) is 13.3. The normalized spacial score (nSPS) is 15.1. The Balaban J connectivity index is 1.42. The first-order chi connectivity index (χ1) is 11.7. The first-order valence-electron chi connectivity index (χ1n) is 7.99. The monoisotopic (exact) mass is 344 g/mol. The maximum absolute atomic E-state index is 12.1. The highest BCUT2D eigenvalue weighted by Crippen LogP contribution is 2.21. The molecule has 0 radical (unpaired) electrons. The minimum absolute atomic E-state index is 0.0722. The average molecular weight is 344 g/mol. The molecular weight excluding hydrogens is 324 g/mol. The number of nitrogens with zero attached hydrogens (tertiary/aromatic N) is 2. The van der Waals surface area contributed by atoms with E-state index in [-0.39, 0.29) is 11.8 Å². The van der Waals surface area contributed by atoms with E-state index >= 15 is 0 Å². The molecule has 1 aliphatic heterocycles. The van der Waals surface area contributed by atoms with Gasteiger partial charge in [0.1, 0.15) is 5.01 Å². The maximum Gasteiger partial charge on any atom is 0.251 e. The molecule has 0 aliphatic carbocycles. The largest absolute Gasteiger partial charge is 0.354 e. The number of nitrogens with one attached hydrogen (secondary N) is 2. The average Bonchev–Trinajstić information content (AvgIpc) is 3.13. The SMILES string of the molecule is O=C1CN(CCCNC(=O)c2ccc(-c3nccs3)cc2)CCN1. The lowest BCUT2D eigenvalue weighted by Crippen LogP contribution is -2.48. The van der Waals surface area contributed by atoms with Crippen LogP contribution in [-0.2, 0) is 4.79 Å². The molecule has 1 fully saturated rings. The van der Waals surface area contributed by atoms with Gasteiger partial charge in [-0.3, -0.25) is 14.5 Å². The first-order valence-corrected chi connectivity index (χ1v) is 8.87. The van der Waals surface area contributed by atoms with Gasteiger partial charge in [0.05, 0.1) is 6.54 Å². The van der Waals surface area contributed by atoms with E-state index in [1.807, 2.05) is 29.6 Å². The summed E-state index contributed by atoms with van der Waals surface area (Å²) in [6.45, 7) is 3.45. The molecule has 0 bridgehead atoms. The summed E-state index contributed by atoms with van der Waals surface area (Å²) in [6, 6.07) is 7.47. The van der Waals surface area contributed by atoms with E-state index in [4.69, 9.17) is 0 Å². The maximum atomic E-state index is 12.1. The molecule has 3 rings (SSSR count). The number of carbonyl (C=O) groups is 2. The Morgan fingerprint density at radius 2 is 2.17 bits per heavy atom. The van der Waals surface area contributed by atoms with Crippen LogP contribution >= 0.6 is 11.3 Å². The van der Waals surface area contributed by atoms with Crippen LogP contribution < -0.4 is 10.6 Å². The second kappa shape index (κ2) is 8.03. The van der Waals surface area contributed by atoms with Gasteiger partial charge in [-0.2, -0.15) is 0 Å². The molecular formula is C17H20N4O2S. The van der Waals surface area contributed by atoms with Gasteiger partial charge in [-0.15, -0.1) is 11.3 Å². The molecule has 0 atom stereocenters. The van der Waals surface area contributed by atoms with Gasteiger partial charge < -0.3 is 10.6 Å². The van der Waals surface area contributed by atoms with E-state index in [0.29, 0.717) is 25.2 Å². The predicted octanol–water partition coefficient (Wildman–Crippen LogP) is 1.36. The fraction of sp³-hybridized carbons (Fsp3) is 0.353. The molecule has 126 valence electrons. The summed E-state index contributed by atoms with van der Waals surface area (Å²) >= 11 is 1.58. The third-order valence-electron chi connectivity index (χ3n) is 3.88. The van der Waals surface area contributed by atoms with E-state index in [1.165, 1.54) is 0 Å². The van der Waals surface area contributed by atoms with Crippen molar-refractivity contribution >= 4 is 23.2 Å². The van der Waals surface area contributed by atoms with Crippen molar-refractivity contribution in [1.29, 1.82) is 0 Å². The Kier molecular flexibility index (Phi) is 5.55. The van der Waals surface area contributed by atoms with Gasteiger partial charge in [-0.25, -0.2) is 4.98 Å². The quantitative estimate of drug-likeness (QED) is 0.776. The van der Waals surface area contributed by atoms with E-state index in [1.54, 1.807) is 17.5 Å². The second-order valence-corrected chi connectivity index (χ2v) is 6.54. The number of hydrogen-bond acceptors (Lipinski definition) is 5. The van der Waals surface area contributed by atoms with Gasteiger partial charge in [-0.1, -0.05) is 12.1 Å². The van der Waals surface area contributed by atoms with Crippen LogP contribution in [0.4, 0.5) is 0 Å². The number of benzene rings is 1. The van der Waals surface area contributed by atoms with Crippen LogP contribution in [0.5, 0.6) is 0 Å². The lowest BCUT2D eigenvalue weighted by atomic mass is 10.1. The van der Waals surface area contributed by atoms with Crippen LogP contribution in [0.25, 0.3) is 10.6 Å². The highest BCUT2D eigenvalue weighted by Gasteiger charge is 2.15. The summed E-state index contributed by atoms with van der Waals surface area (Å²) in [7, 11) is 0. The summed E-state index contributed by atoms with van der Waals surface area (Å²) in [4.78, 5) is 29.8. The van der Waals surface area contributed by atoms with Crippen molar-refractivity contribution in [3.8, 4) is 10.6 Å². The lowest BCUT2D eigenvalue weighted by Gasteiger charge is -2.26. The Labute approximate surface area is 144 Å². The topological polar surface area (TPSA) is 74.3 Å².